The lowest BCUT2D eigenvalue weighted by molar-refractivity contribution is -0.143. The first-order valence-electron chi connectivity index (χ1n) is 7.45. The molecule has 2 nitrogen and oxygen atoms in total. The van der Waals surface area contributed by atoms with Gasteiger partial charge in [-0.25, -0.2) is 0 Å². The van der Waals surface area contributed by atoms with Crippen molar-refractivity contribution < 1.29 is 4.79 Å². The van der Waals surface area contributed by atoms with E-state index in [2.05, 4.69) is 17.5 Å². The van der Waals surface area contributed by atoms with Gasteiger partial charge in [0, 0.05) is 11.9 Å². The van der Waals surface area contributed by atoms with Gasteiger partial charge in [-0.05, 0) is 61.3 Å². The Kier molecular flexibility index (Phi) is 2.57. The molecule has 0 saturated heterocycles. The topological polar surface area (TPSA) is 20.3 Å². The molecule has 0 aliphatic heterocycles. The van der Waals surface area contributed by atoms with Crippen LogP contribution in [0.1, 0.15) is 37.0 Å². The van der Waals surface area contributed by atoms with Gasteiger partial charge in [0.05, 0.1) is 12.0 Å². The Morgan fingerprint density at radius 2 is 2.11 bits per heavy atom. The Morgan fingerprint density at radius 1 is 1.37 bits per heavy atom. The molecule has 4 saturated carbocycles. The van der Waals surface area contributed by atoms with E-state index in [4.69, 9.17) is 0 Å². The van der Waals surface area contributed by atoms with E-state index in [0.29, 0.717) is 11.8 Å². The zero-order valence-electron chi connectivity index (χ0n) is 11.5. The predicted octanol–water partition coefficient (Wildman–Crippen LogP) is 3.53. The van der Waals surface area contributed by atoms with Gasteiger partial charge in [0.1, 0.15) is 0 Å². The molecule has 0 aromatic carbocycles. The summed E-state index contributed by atoms with van der Waals surface area (Å²) < 4.78 is 0. The van der Waals surface area contributed by atoms with Gasteiger partial charge in [-0.3, -0.25) is 4.79 Å². The van der Waals surface area contributed by atoms with Crippen LogP contribution in [0.4, 0.5) is 0 Å². The van der Waals surface area contributed by atoms with E-state index in [9.17, 15) is 4.79 Å². The van der Waals surface area contributed by atoms with Crippen molar-refractivity contribution in [2.75, 3.05) is 7.05 Å². The highest BCUT2D eigenvalue weighted by atomic mass is 32.1. The van der Waals surface area contributed by atoms with Gasteiger partial charge in [-0.2, -0.15) is 0 Å². The molecule has 2 unspecified atom stereocenters. The van der Waals surface area contributed by atoms with Gasteiger partial charge in [0.25, 0.3) is 0 Å². The van der Waals surface area contributed by atoms with E-state index in [1.807, 2.05) is 11.9 Å². The molecule has 4 aliphatic rings. The monoisotopic (exact) mass is 275 g/mol. The highest BCUT2D eigenvalue weighted by Crippen LogP contribution is 2.65. The SMILES string of the molecule is CN(Cc1cccs1)C(=O)C12C[C@@H]3CC1C[C@@H](C3)C2. The summed E-state index contributed by atoms with van der Waals surface area (Å²) in [7, 11) is 2.00. The largest absolute Gasteiger partial charge is 0.340 e. The van der Waals surface area contributed by atoms with Crippen molar-refractivity contribution in [1.29, 1.82) is 0 Å². The molecule has 4 aliphatic carbocycles. The minimum atomic E-state index is 0.0413. The number of rotatable bonds is 3. The number of hydrogen-bond donors (Lipinski definition) is 0. The molecule has 4 atom stereocenters. The molecule has 5 rings (SSSR count). The number of hydrogen-bond acceptors (Lipinski definition) is 2. The Bertz CT molecular complexity index is 481. The molecule has 4 fully saturated rings. The first kappa shape index (κ1) is 12.0. The Hall–Kier alpha value is -0.830. The number of carbonyl (C=O) groups is 1. The molecule has 1 amide bonds. The molecule has 3 heteroatoms. The van der Waals surface area contributed by atoms with Crippen molar-refractivity contribution >= 4 is 17.2 Å². The lowest BCUT2D eigenvalue weighted by Crippen LogP contribution is -2.42. The van der Waals surface area contributed by atoms with Crippen LogP contribution in [-0.4, -0.2) is 17.9 Å². The fourth-order valence-corrected chi connectivity index (χ4v) is 5.99. The molecule has 102 valence electrons. The smallest absolute Gasteiger partial charge is 0.229 e. The summed E-state index contributed by atoms with van der Waals surface area (Å²) in [5, 5.41) is 2.09. The van der Waals surface area contributed by atoms with E-state index < -0.39 is 0 Å². The molecule has 1 aromatic heterocycles. The first-order chi connectivity index (χ1) is 9.17. The van der Waals surface area contributed by atoms with Crippen molar-refractivity contribution in [3.05, 3.63) is 22.4 Å². The molecule has 0 radical (unpaired) electrons. The standard InChI is InChI=1S/C16H21NOS/c1-17(10-14-3-2-4-19-14)15(18)16-8-11-5-12(9-16)7-13(16)6-11/h2-4,11-13H,5-10H2,1H3/t11-,12+,13?,16?. The van der Waals surface area contributed by atoms with Gasteiger partial charge in [0.2, 0.25) is 5.91 Å². The van der Waals surface area contributed by atoms with Crippen LogP contribution in [0.15, 0.2) is 17.5 Å². The van der Waals surface area contributed by atoms with Gasteiger partial charge in [0.15, 0.2) is 0 Å². The summed E-state index contributed by atoms with van der Waals surface area (Å²) in [6.45, 7) is 0.792. The number of amides is 1. The maximum Gasteiger partial charge on any atom is 0.229 e. The second-order valence-electron chi connectivity index (χ2n) is 6.94. The van der Waals surface area contributed by atoms with Crippen molar-refractivity contribution in [1.82, 2.24) is 4.90 Å². The van der Waals surface area contributed by atoms with Crippen LogP contribution in [0.5, 0.6) is 0 Å². The van der Waals surface area contributed by atoms with Crippen LogP contribution < -0.4 is 0 Å². The lowest BCUT2D eigenvalue weighted by atomic mass is 9.74. The summed E-state index contributed by atoms with van der Waals surface area (Å²) in [6.07, 6.45) is 6.42. The van der Waals surface area contributed by atoms with Crippen LogP contribution in [0.3, 0.4) is 0 Å². The zero-order chi connectivity index (χ0) is 13.0. The highest BCUT2D eigenvalue weighted by Gasteiger charge is 2.61. The van der Waals surface area contributed by atoms with Crippen LogP contribution >= 0.6 is 11.3 Å². The first-order valence-corrected chi connectivity index (χ1v) is 8.33. The van der Waals surface area contributed by atoms with Gasteiger partial charge in [-0.1, -0.05) is 6.07 Å². The van der Waals surface area contributed by atoms with Gasteiger partial charge in [-0.15, -0.1) is 11.3 Å². The molecular formula is C16H21NOS. The number of carbonyl (C=O) groups excluding carboxylic acids is 1. The normalized spacial score (nSPS) is 38.9. The van der Waals surface area contributed by atoms with E-state index in [1.54, 1.807) is 11.3 Å². The molecule has 0 spiro atoms. The maximum absolute atomic E-state index is 13.0. The van der Waals surface area contributed by atoms with Crippen molar-refractivity contribution in [3.8, 4) is 0 Å². The summed E-state index contributed by atoms with van der Waals surface area (Å²) in [5.74, 6) is 2.86. The third-order valence-electron chi connectivity index (χ3n) is 5.74. The van der Waals surface area contributed by atoms with Crippen LogP contribution in [0.25, 0.3) is 0 Å². The summed E-state index contributed by atoms with van der Waals surface area (Å²) in [5.41, 5.74) is 0.0413. The number of thiophene rings is 1. The Labute approximate surface area is 118 Å². The van der Waals surface area contributed by atoms with E-state index >= 15 is 0 Å². The minimum Gasteiger partial charge on any atom is -0.340 e. The zero-order valence-corrected chi connectivity index (χ0v) is 12.3. The van der Waals surface area contributed by atoms with Crippen LogP contribution in [0.2, 0.25) is 0 Å². The minimum absolute atomic E-state index is 0.0413. The van der Waals surface area contributed by atoms with Crippen LogP contribution in [-0.2, 0) is 11.3 Å². The third kappa shape index (κ3) is 1.70. The van der Waals surface area contributed by atoms with Crippen molar-refractivity contribution in [2.24, 2.45) is 23.2 Å². The van der Waals surface area contributed by atoms with Crippen molar-refractivity contribution in [3.63, 3.8) is 0 Å². The number of nitrogens with zero attached hydrogens (tertiary/aromatic N) is 1. The molecular weight excluding hydrogens is 254 g/mol. The molecule has 1 heterocycles. The predicted molar refractivity (Wildman–Crippen MR) is 76.8 cm³/mol. The van der Waals surface area contributed by atoms with Gasteiger partial charge >= 0.3 is 0 Å². The lowest BCUT2D eigenvalue weighted by Gasteiger charge is -2.35. The molecule has 19 heavy (non-hydrogen) atoms. The average Bonchev–Trinajstić information content (AvgIpc) is 3.02. The van der Waals surface area contributed by atoms with E-state index in [-0.39, 0.29) is 5.41 Å². The van der Waals surface area contributed by atoms with Crippen LogP contribution in [0, 0.1) is 23.2 Å². The quantitative estimate of drug-likeness (QED) is 0.826. The van der Waals surface area contributed by atoms with E-state index in [1.165, 1.54) is 37.0 Å². The Morgan fingerprint density at radius 3 is 2.74 bits per heavy atom. The van der Waals surface area contributed by atoms with Gasteiger partial charge < -0.3 is 4.90 Å². The highest BCUT2D eigenvalue weighted by molar-refractivity contribution is 7.09. The summed E-state index contributed by atoms with van der Waals surface area (Å²) in [4.78, 5) is 16.3. The molecule has 1 aromatic rings. The third-order valence-corrected chi connectivity index (χ3v) is 6.60. The second kappa shape index (κ2) is 4.08. The van der Waals surface area contributed by atoms with Crippen molar-refractivity contribution in [2.45, 2.75) is 38.6 Å². The summed E-state index contributed by atoms with van der Waals surface area (Å²) >= 11 is 1.75. The van der Waals surface area contributed by atoms with E-state index in [0.717, 1.165) is 18.4 Å². The maximum atomic E-state index is 13.0. The Balaban J connectivity index is 1.54. The fraction of sp³-hybridized carbons (Fsp3) is 0.688. The average molecular weight is 275 g/mol. The molecule has 4 bridgehead atoms. The molecule has 0 N–H and O–H groups in total. The fourth-order valence-electron chi connectivity index (χ4n) is 5.23. The second-order valence-corrected chi connectivity index (χ2v) is 7.97. The summed E-state index contributed by atoms with van der Waals surface area (Å²) in [6, 6.07) is 4.20.